The number of ether oxygens (including phenoxy) is 1. The summed E-state index contributed by atoms with van der Waals surface area (Å²) in [4.78, 5) is 16.4. The summed E-state index contributed by atoms with van der Waals surface area (Å²) in [5, 5.41) is 0. The molecule has 17 heavy (non-hydrogen) atoms. The van der Waals surface area contributed by atoms with Crippen LogP contribution >= 0.6 is 0 Å². The molecule has 1 aromatic carbocycles. The lowest BCUT2D eigenvalue weighted by Gasteiger charge is -2.29. The van der Waals surface area contributed by atoms with Crippen LogP contribution in [0.3, 0.4) is 0 Å². The van der Waals surface area contributed by atoms with Crippen LogP contribution in [0.25, 0.3) is 0 Å². The molecule has 1 aliphatic rings. The molecule has 0 N–H and O–H groups in total. The maximum Gasteiger partial charge on any atom is 0.235 e. The van der Waals surface area contributed by atoms with Gasteiger partial charge in [0.25, 0.3) is 0 Å². The van der Waals surface area contributed by atoms with Gasteiger partial charge in [-0.3, -0.25) is 0 Å². The van der Waals surface area contributed by atoms with Crippen molar-refractivity contribution in [1.29, 1.82) is 0 Å². The van der Waals surface area contributed by atoms with Gasteiger partial charge in [-0.05, 0) is 31.5 Å². The number of rotatable bonds is 2. The molecule has 0 saturated heterocycles. The summed E-state index contributed by atoms with van der Waals surface area (Å²) in [5.74, 6) is 0.883. The van der Waals surface area contributed by atoms with E-state index in [0.717, 1.165) is 23.5 Å². The summed E-state index contributed by atoms with van der Waals surface area (Å²) in [6, 6.07) is 5.90. The van der Waals surface area contributed by atoms with Crippen molar-refractivity contribution in [3.8, 4) is 5.75 Å². The molecule has 0 fully saturated rings. The Morgan fingerprint density at radius 3 is 2.94 bits per heavy atom. The number of benzene rings is 1. The Morgan fingerprint density at radius 2 is 2.24 bits per heavy atom. The monoisotopic (exact) mass is 232 g/mol. The maximum absolute atomic E-state index is 10.4. The highest BCUT2D eigenvalue weighted by molar-refractivity contribution is 5.61. The van der Waals surface area contributed by atoms with Crippen LogP contribution in [0.1, 0.15) is 19.4 Å². The van der Waals surface area contributed by atoms with E-state index < -0.39 is 5.54 Å². The average Bonchev–Trinajstić information content (AvgIpc) is 2.29. The zero-order valence-electron chi connectivity index (χ0n) is 10.4. The smallest absolute Gasteiger partial charge is 0.235 e. The van der Waals surface area contributed by atoms with Gasteiger partial charge in [-0.15, -0.1) is 0 Å². The highest BCUT2D eigenvalue weighted by Crippen LogP contribution is 2.35. The van der Waals surface area contributed by atoms with E-state index >= 15 is 0 Å². The van der Waals surface area contributed by atoms with E-state index in [1.165, 1.54) is 0 Å². The van der Waals surface area contributed by atoms with E-state index in [2.05, 4.69) is 9.89 Å². The van der Waals surface area contributed by atoms with E-state index in [-0.39, 0.29) is 0 Å². The van der Waals surface area contributed by atoms with Crippen LogP contribution in [-0.2, 0) is 10.3 Å². The Hall–Kier alpha value is -1.80. The van der Waals surface area contributed by atoms with E-state index in [9.17, 15) is 4.79 Å². The topological polar surface area (TPSA) is 41.9 Å². The number of aliphatic imine (C=N–C) groups is 1. The van der Waals surface area contributed by atoms with Gasteiger partial charge in [0, 0.05) is 7.05 Å². The second-order valence-electron chi connectivity index (χ2n) is 4.71. The number of likely N-dealkylation sites (N-methyl/N-ethyl adjacent to an activating group) is 1. The summed E-state index contributed by atoms with van der Waals surface area (Å²) >= 11 is 0. The first kappa shape index (κ1) is 11.7. The van der Waals surface area contributed by atoms with E-state index in [0.29, 0.717) is 6.61 Å². The van der Waals surface area contributed by atoms with E-state index in [1.807, 2.05) is 39.1 Å². The van der Waals surface area contributed by atoms with E-state index in [4.69, 9.17) is 4.74 Å². The minimum absolute atomic E-state index is 0.547. The molecule has 90 valence electrons. The Bertz CT molecular complexity index is 476. The molecule has 1 aliphatic heterocycles. The lowest BCUT2D eigenvalue weighted by atomic mass is 9.94. The summed E-state index contributed by atoms with van der Waals surface area (Å²) in [5.41, 5.74) is 1.48. The highest BCUT2D eigenvalue weighted by atomic mass is 16.5. The molecule has 0 spiro atoms. The van der Waals surface area contributed by atoms with Gasteiger partial charge in [0.1, 0.15) is 12.4 Å². The second kappa shape index (κ2) is 4.22. The Kier molecular flexibility index (Phi) is 2.90. The van der Waals surface area contributed by atoms with Crippen LogP contribution in [0.4, 0.5) is 5.69 Å². The largest absolute Gasteiger partial charge is 0.490 e. The molecule has 0 saturated carbocycles. The molecule has 1 aromatic rings. The third kappa shape index (κ3) is 2.17. The number of fused-ring (bicyclic) bond motifs is 1. The molecular weight excluding hydrogens is 216 g/mol. The molecule has 0 aliphatic carbocycles. The third-order valence-electron chi connectivity index (χ3n) is 3.09. The maximum atomic E-state index is 10.4. The molecule has 1 heterocycles. The molecule has 2 rings (SSSR count). The summed E-state index contributed by atoms with van der Waals surface area (Å²) < 4.78 is 5.57. The second-order valence-corrected chi connectivity index (χ2v) is 4.71. The number of isocyanates is 1. The predicted octanol–water partition coefficient (Wildman–Crippen LogP) is 2.09. The third-order valence-corrected chi connectivity index (χ3v) is 3.09. The molecule has 0 aromatic heterocycles. The Labute approximate surface area is 101 Å². The Morgan fingerprint density at radius 1 is 1.47 bits per heavy atom. The molecule has 4 nitrogen and oxygen atoms in total. The van der Waals surface area contributed by atoms with Gasteiger partial charge < -0.3 is 9.64 Å². The zero-order valence-corrected chi connectivity index (χ0v) is 10.4. The normalized spacial score (nSPS) is 14.6. The van der Waals surface area contributed by atoms with Crippen molar-refractivity contribution in [1.82, 2.24) is 0 Å². The quantitative estimate of drug-likeness (QED) is 0.579. The number of nitrogens with zero attached hydrogens (tertiary/aromatic N) is 2. The number of hydrogen-bond donors (Lipinski definition) is 0. The van der Waals surface area contributed by atoms with Crippen molar-refractivity contribution in [2.75, 3.05) is 25.1 Å². The minimum atomic E-state index is -0.547. The molecule has 4 heteroatoms. The van der Waals surface area contributed by atoms with Gasteiger partial charge in [-0.2, -0.15) is 4.99 Å². The van der Waals surface area contributed by atoms with Gasteiger partial charge in [0.15, 0.2) is 0 Å². The van der Waals surface area contributed by atoms with Gasteiger partial charge in [0.05, 0.1) is 17.8 Å². The van der Waals surface area contributed by atoms with Crippen molar-refractivity contribution in [3.63, 3.8) is 0 Å². The SMILES string of the molecule is CN1CCOc2ccc(C(C)(C)N=C=O)cc21. The summed E-state index contributed by atoms with van der Waals surface area (Å²) in [6.45, 7) is 5.36. The molecule has 0 unspecified atom stereocenters. The van der Waals surface area contributed by atoms with Gasteiger partial charge in [0.2, 0.25) is 6.08 Å². The molecule has 0 atom stereocenters. The van der Waals surface area contributed by atoms with Gasteiger partial charge >= 0.3 is 0 Å². The highest BCUT2D eigenvalue weighted by Gasteiger charge is 2.23. The van der Waals surface area contributed by atoms with Crippen LogP contribution in [0.5, 0.6) is 5.75 Å². The van der Waals surface area contributed by atoms with Crippen molar-refractivity contribution in [2.24, 2.45) is 4.99 Å². The van der Waals surface area contributed by atoms with Crippen LogP contribution in [0.2, 0.25) is 0 Å². The first-order chi connectivity index (χ1) is 8.04. The Balaban J connectivity index is 2.45. The van der Waals surface area contributed by atoms with Crippen LogP contribution in [-0.4, -0.2) is 26.3 Å². The van der Waals surface area contributed by atoms with Crippen molar-refractivity contribution >= 4 is 11.8 Å². The van der Waals surface area contributed by atoms with Crippen LogP contribution < -0.4 is 9.64 Å². The van der Waals surface area contributed by atoms with Crippen LogP contribution in [0.15, 0.2) is 23.2 Å². The van der Waals surface area contributed by atoms with Crippen molar-refractivity contribution in [3.05, 3.63) is 23.8 Å². The standard InChI is InChI=1S/C13H16N2O2/c1-13(2,14-9-16)10-4-5-12-11(8-10)15(3)6-7-17-12/h4-5,8H,6-7H2,1-3H3. The fourth-order valence-corrected chi connectivity index (χ4v) is 1.91. The van der Waals surface area contributed by atoms with E-state index in [1.54, 1.807) is 6.08 Å². The molecule has 0 radical (unpaired) electrons. The molecular formula is C13H16N2O2. The minimum Gasteiger partial charge on any atom is -0.490 e. The first-order valence-electron chi connectivity index (χ1n) is 5.62. The average molecular weight is 232 g/mol. The number of anilines is 1. The number of carbonyl (C=O) groups excluding carboxylic acids is 1. The zero-order chi connectivity index (χ0) is 12.5. The van der Waals surface area contributed by atoms with Crippen molar-refractivity contribution < 1.29 is 9.53 Å². The molecule has 0 bridgehead atoms. The lowest BCUT2D eigenvalue weighted by Crippen LogP contribution is -2.29. The number of hydrogen-bond acceptors (Lipinski definition) is 4. The fraction of sp³-hybridized carbons (Fsp3) is 0.462. The summed E-state index contributed by atoms with van der Waals surface area (Å²) in [6.07, 6.45) is 1.63. The molecule has 0 amide bonds. The van der Waals surface area contributed by atoms with Crippen molar-refractivity contribution in [2.45, 2.75) is 19.4 Å². The lowest BCUT2D eigenvalue weighted by molar-refractivity contribution is 0.311. The first-order valence-corrected chi connectivity index (χ1v) is 5.62. The fourth-order valence-electron chi connectivity index (χ4n) is 1.91. The predicted molar refractivity (Wildman–Crippen MR) is 66.4 cm³/mol. The van der Waals surface area contributed by atoms with Gasteiger partial charge in [-0.1, -0.05) is 6.07 Å². The summed E-state index contributed by atoms with van der Waals surface area (Å²) in [7, 11) is 2.03. The van der Waals surface area contributed by atoms with Gasteiger partial charge in [-0.25, -0.2) is 4.79 Å². The van der Waals surface area contributed by atoms with Crippen LogP contribution in [0, 0.1) is 0 Å².